The molecule has 0 aliphatic heterocycles. The van der Waals surface area contributed by atoms with Crippen LogP contribution in [0.1, 0.15) is 37.3 Å². The Bertz CT molecular complexity index is 1120. The Morgan fingerprint density at radius 3 is 2.18 bits per heavy atom. The van der Waals surface area contributed by atoms with E-state index >= 15 is 0 Å². The van der Waals surface area contributed by atoms with Gasteiger partial charge in [0, 0.05) is 42.8 Å². The molecule has 1 heterocycles. The van der Waals surface area contributed by atoms with Gasteiger partial charge in [-0.25, -0.2) is 4.98 Å². The van der Waals surface area contributed by atoms with Crippen molar-refractivity contribution in [3.63, 3.8) is 0 Å². The molecule has 0 spiro atoms. The lowest BCUT2D eigenvalue weighted by molar-refractivity contribution is -0.167. The molecule has 3 N–H and O–H groups in total. The van der Waals surface area contributed by atoms with Gasteiger partial charge in [0.2, 0.25) is 6.79 Å². The fourth-order valence-electron chi connectivity index (χ4n) is 3.27. The molecule has 0 fully saturated rings. The van der Waals surface area contributed by atoms with E-state index in [1.54, 1.807) is 12.1 Å². The van der Waals surface area contributed by atoms with Crippen molar-refractivity contribution in [2.24, 2.45) is 12.8 Å². The summed E-state index contributed by atoms with van der Waals surface area (Å²) in [6.07, 6.45) is 3.68. The summed E-state index contributed by atoms with van der Waals surface area (Å²) in [6, 6.07) is 15.3. The van der Waals surface area contributed by atoms with E-state index in [1.807, 2.05) is 61.1 Å². The van der Waals surface area contributed by atoms with Gasteiger partial charge >= 0.3 is 11.9 Å². The molecule has 0 aliphatic rings. The quantitative estimate of drug-likeness (QED) is 0.211. The molecule has 0 amide bonds. The number of hydrogen-bond acceptors (Lipinski definition) is 6. The van der Waals surface area contributed by atoms with E-state index < -0.39 is 5.97 Å². The molecular weight excluding hydrogens is 420 g/mol. The molecule has 0 bridgehead atoms. The Morgan fingerprint density at radius 2 is 1.58 bits per heavy atom. The van der Waals surface area contributed by atoms with E-state index in [-0.39, 0.29) is 25.0 Å². The molecule has 0 unspecified atom stereocenters. The Hall–Kier alpha value is -3.94. The summed E-state index contributed by atoms with van der Waals surface area (Å²) in [4.78, 5) is 27.9. The van der Waals surface area contributed by atoms with E-state index in [9.17, 15) is 9.59 Å². The van der Waals surface area contributed by atoms with Gasteiger partial charge in [0.25, 0.3) is 0 Å². The smallest absolute Gasteiger partial charge is 0.308 e. The monoisotopic (exact) mass is 448 g/mol. The van der Waals surface area contributed by atoms with Crippen molar-refractivity contribution in [1.82, 2.24) is 9.55 Å². The van der Waals surface area contributed by atoms with E-state index in [0.717, 1.165) is 28.2 Å². The molecule has 0 radical (unpaired) electrons. The maximum atomic E-state index is 11.8. The lowest BCUT2D eigenvalue weighted by atomic mass is 10.1. The highest BCUT2D eigenvalue weighted by Gasteiger charge is 2.11. The number of carbonyl (C=O) groups is 2. The molecule has 3 rings (SSSR count). The molecule has 8 heteroatoms. The van der Waals surface area contributed by atoms with E-state index in [0.29, 0.717) is 24.8 Å². The number of nitrogens with zero attached hydrogens (tertiary/aromatic N) is 2. The molecule has 33 heavy (non-hydrogen) atoms. The normalized spacial score (nSPS) is 10.6. The molecule has 0 saturated heterocycles. The third-order valence-electron chi connectivity index (χ3n) is 5.09. The summed E-state index contributed by atoms with van der Waals surface area (Å²) in [5, 5.41) is 7.51. The molecule has 2 aromatic carbocycles. The van der Waals surface area contributed by atoms with E-state index in [2.05, 4.69) is 0 Å². The first-order valence-corrected chi connectivity index (χ1v) is 10.8. The number of nitrogen functional groups attached to an aromatic ring is 1. The van der Waals surface area contributed by atoms with Crippen molar-refractivity contribution in [2.45, 2.75) is 32.6 Å². The fraction of sp³-hybridized carbons (Fsp3) is 0.280. The van der Waals surface area contributed by atoms with E-state index in [4.69, 9.17) is 25.6 Å². The van der Waals surface area contributed by atoms with Crippen LogP contribution in [-0.2, 0) is 32.5 Å². The second-order valence-corrected chi connectivity index (χ2v) is 7.65. The number of aromatic nitrogens is 2. The fourth-order valence-corrected chi connectivity index (χ4v) is 3.27. The maximum Gasteiger partial charge on any atom is 0.308 e. The van der Waals surface area contributed by atoms with E-state index in [1.165, 1.54) is 0 Å². The number of nitrogens with two attached hydrogens (primary N) is 1. The van der Waals surface area contributed by atoms with Gasteiger partial charge in [-0.05, 0) is 18.4 Å². The SMILES string of the molecule is CCCC(=O)OCOC(=O)CCc1ccc(-c2nc(-c3ccc(C(=N)N)cc3)cn2C)cc1. The Kier molecular flexibility index (Phi) is 7.96. The number of carbonyl (C=O) groups excluding carboxylic acids is 2. The van der Waals surface area contributed by atoms with Crippen LogP contribution in [0.3, 0.4) is 0 Å². The highest BCUT2D eigenvalue weighted by Crippen LogP contribution is 2.25. The number of ether oxygens (including phenoxy) is 2. The minimum atomic E-state index is -0.409. The summed E-state index contributed by atoms with van der Waals surface area (Å²) in [7, 11) is 1.94. The van der Waals surface area contributed by atoms with Crippen LogP contribution < -0.4 is 5.73 Å². The molecule has 172 valence electrons. The van der Waals surface area contributed by atoms with Gasteiger partial charge in [0.1, 0.15) is 11.7 Å². The van der Waals surface area contributed by atoms with Crippen LogP contribution in [0.5, 0.6) is 0 Å². The van der Waals surface area contributed by atoms with Gasteiger partial charge < -0.3 is 19.8 Å². The van der Waals surface area contributed by atoms with Crippen molar-refractivity contribution in [1.29, 1.82) is 5.41 Å². The van der Waals surface area contributed by atoms with Gasteiger partial charge in [-0.3, -0.25) is 15.0 Å². The summed E-state index contributed by atoms with van der Waals surface area (Å²) >= 11 is 0. The second kappa shape index (κ2) is 11.1. The first-order valence-electron chi connectivity index (χ1n) is 10.8. The molecule has 8 nitrogen and oxygen atoms in total. The topological polar surface area (TPSA) is 120 Å². The lowest BCUT2D eigenvalue weighted by Gasteiger charge is -2.07. The lowest BCUT2D eigenvalue weighted by Crippen LogP contribution is -2.12. The van der Waals surface area contributed by atoms with Gasteiger partial charge in [-0.2, -0.15) is 0 Å². The minimum Gasteiger partial charge on any atom is -0.428 e. The van der Waals surface area contributed by atoms with Crippen LogP contribution in [0, 0.1) is 5.41 Å². The van der Waals surface area contributed by atoms with Crippen molar-refractivity contribution in [2.75, 3.05) is 6.79 Å². The van der Waals surface area contributed by atoms with Gasteiger partial charge in [0.05, 0.1) is 5.69 Å². The van der Waals surface area contributed by atoms with Gasteiger partial charge in [0.15, 0.2) is 0 Å². The zero-order valence-corrected chi connectivity index (χ0v) is 18.8. The Morgan fingerprint density at radius 1 is 0.970 bits per heavy atom. The largest absolute Gasteiger partial charge is 0.428 e. The summed E-state index contributed by atoms with van der Waals surface area (Å²) in [5.41, 5.74) is 9.91. The number of imidazole rings is 1. The molecule has 1 aromatic heterocycles. The first kappa shape index (κ1) is 23.7. The predicted molar refractivity (Wildman–Crippen MR) is 125 cm³/mol. The molecule has 0 aliphatic carbocycles. The van der Waals surface area contributed by atoms with Crippen molar-refractivity contribution in [3.05, 3.63) is 65.9 Å². The van der Waals surface area contributed by atoms with Crippen LogP contribution in [0.4, 0.5) is 0 Å². The number of hydrogen-bond donors (Lipinski definition) is 2. The summed E-state index contributed by atoms with van der Waals surface area (Å²) in [5.74, 6) is 0.0758. The number of aryl methyl sites for hydroxylation is 2. The molecule has 0 saturated carbocycles. The number of rotatable bonds is 10. The molecule has 0 atom stereocenters. The van der Waals surface area contributed by atoms with Gasteiger partial charge in [-0.1, -0.05) is 55.5 Å². The zero-order valence-electron chi connectivity index (χ0n) is 18.8. The number of benzene rings is 2. The third kappa shape index (κ3) is 6.52. The standard InChI is InChI=1S/C25H28N4O4/c1-3-4-22(30)32-16-33-23(31)14-7-17-5-8-20(9-6-17)25-28-21(15-29(25)2)18-10-12-19(13-11-18)24(26)27/h5-6,8-13,15H,3-4,7,14,16H2,1-2H3,(H3,26,27). The van der Waals surface area contributed by atoms with Crippen molar-refractivity contribution < 1.29 is 19.1 Å². The minimum absolute atomic E-state index is 0.0343. The summed E-state index contributed by atoms with van der Waals surface area (Å²) in [6.45, 7) is 1.54. The maximum absolute atomic E-state index is 11.8. The highest BCUT2D eigenvalue weighted by molar-refractivity contribution is 5.95. The number of amidine groups is 1. The first-order chi connectivity index (χ1) is 15.9. The van der Waals surface area contributed by atoms with Crippen molar-refractivity contribution >= 4 is 17.8 Å². The Labute approximate surface area is 192 Å². The average molecular weight is 449 g/mol. The van der Waals surface area contributed by atoms with Crippen LogP contribution in [0.2, 0.25) is 0 Å². The second-order valence-electron chi connectivity index (χ2n) is 7.65. The Balaban J connectivity index is 1.57. The van der Waals surface area contributed by atoms with Crippen LogP contribution in [0.25, 0.3) is 22.6 Å². The highest BCUT2D eigenvalue weighted by atomic mass is 16.7. The van der Waals surface area contributed by atoms with Crippen molar-refractivity contribution in [3.8, 4) is 22.6 Å². The predicted octanol–water partition coefficient (Wildman–Crippen LogP) is 3.81. The average Bonchev–Trinajstić information content (AvgIpc) is 3.20. The zero-order chi connectivity index (χ0) is 23.8. The molecular formula is C25H28N4O4. The van der Waals surface area contributed by atoms with Gasteiger partial charge in [-0.15, -0.1) is 0 Å². The van der Waals surface area contributed by atoms with Crippen LogP contribution in [0.15, 0.2) is 54.7 Å². The number of esters is 2. The third-order valence-corrected chi connectivity index (χ3v) is 5.09. The summed E-state index contributed by atoms with van der Waals surface area (Å²) < 4.78 is 11.7. The number of nitrogens with one attached hydrogen (secondary N) is 1. The van der Waals surface area contributed by atoms with Crippen LogP contribution in [-0.4, -0.2) is 34.1 Å². The van der Waals surface area contributed by atoms with Crippen LogP contribution >= 0.6 is 0 Å². The molecule has 3 aromatic rings.